The summed E-state index contributed by atoms with van der Waals surface area (Å²) in [7, 11) is -2.33. The van der Waals surface area contributed by atoms with E-state index in [1.807, 2.05) is 0 Å². The Kier molecular flexibility index (Phi) is 7.23. The number of ether oxygens (including phenoxy) is 1. The molecule has 0 saturated heterocycles. The lowest BCUT2D eigenvalue weighted by molar-refractivity contribution is -0.198. The third-order valence-electron chi connectivity index (χ3n) is 4.28. The van der Waals surface area contributed by atoms with E-state index < -0.39 is 21.0 Å². The lowest BCUT2D eigenvalue weighted by atomic mass is 10.3. The van der Waals surface area contributed by atoms with Crippen LogP contribution >= 0.6 is 15.9 Å². The Balaban J connectivity index is 2.84. The SMILES string of the molecule is CC(C)[Si](OCC(F)(F)Oc1ccc(Br)cc1)(C(C)C)C(C)C. The fourth-order valence-corrected chi connectivity index (χ4v) is 9.10. The van der Waals surface area contributed by atoms with Gasteiger partial charge in [0.1, 0.15) is 12.4 Å². The van der Waals surface area contributed by atoms with Crippen molar-refractivity contribution in [1.82, 2.24) is 0 Å². The molecule has 1 aromatic carbocycles. The second-order valence-corrected chi connectivity index (χ2v) is 13.2. The quantitative estimate of drug-likeness (QED) is 0.450. The molecule has 0 bridgehead atoms. The molecular formula is C17H27BrF2O2Si. The monoisotopic (exact) mass is 408 g/mol. The molecule has 0 N–H and O–H groups in total. The van der Waals surface area contributed by atoms with Gasteiger partial charge in [-0.25, -0.2) is 0 Å². The first-order valence-electron chi connectivity index (χ1n) is 7.97. The van der Waals surface area contributed by atoms with E-state index in [1.165, 1.54) is 12.1 Å². The second kappa shape index (κ2) is 8.08. The summed E-state index contributed by atoms with van der Waals surface area (Å²) >= 11 is 3.27. The first kappa shape index (κ1) is 20.6. The average molecular weight is 409 g/mol. The molecule has 0 aliphatic carbocycles. The maximum atomic E-state index is 14.2. The summed E-state index contributed by atoms with van der Waals surface area (Å²) in [5.74, 6) is 0.132. The molecule has 0 spiro atoms. The zero-order chi connectivity index (χ0) is 17.8. The standard InChI is InChI=1S/C17H27BrF2O2Si/c1-12(2)23(13(3)4,14(5)6)21-11-17(19,20)22-16-9-7-15(18)8-10-16/h7-10,12-14H,11H2,1-6H3. The summed E-state index contributed by atoms with van der Waals surface area (Å²) in [5, 5.41) is 0. The van der Waals surface area contributed by atoms with E-state index in [4.69, 9.17) is 9.16 Å². The van der Waals surface area contributed by atoms with Crippen molar-refractivity contribution in [1.29, 1.82) is 0 Å². The lowest BCUT2D eigenvalue weighted by Crippen LogP contribution is -2.50. The molecule has 0 saturated carbocycles. The Hall–Kier alpha value is -0.463. The van der Waals surface area contributed by atoms with Gasteiger partial charge in [-0.15, -0.1) is 0 Å². The zero-order valence-corrected chi connectivity index (χ0v) is 17.3. The van der Waals surface area contributed by atoms with Gasteiger partial charge in [0.25, 0.3) is 0 Å². The van der Waals surface area contributed by atoms with Gasteiger partial charge in [-0.1, -0.05) is 57.5 Å². The predicted molar refractivity (Wildman–Crippen MR) is 96.7 cm³/mol. The number of hydrogen-bond donors (Lipinski definition) is 0. The smallest absolute Gasteiger partial charge is 0.420 e. The highest BCUT2D eigenvalue weighted by Gasteiger charge is 2.47. The molecule has 0 atom stereocenters. The van der Waals surface area contributed by atoms with E-state index in [1.54, 1.807) is 12.1 Å². The molecule has 0 fully saturated rings. The van der Waals surface area contributed by atoms with E-state index in [0.29, 0.717) is 0 Å². The fraction of sp³-hybridized carbons (Fsp3) is 0.647. The molecular weight excluding hydrogens is 382 g/mol. The van der Waals surface area contributed by atoms with Crippen LogP contribution in [0.25, 0.3) is 0 Å². The minimum Gasteiger partial charge on any atom is -0.431 e. The van der Waals surface area contributed by atoms with Crippen LogP contribution in [-0.4, -0.2) is 21.0 Å². The van der Waals surface area contributed by atoms with Gasteiger partial charge in [-0.05, 0) is 40.9 Å². The van der Waals surface area contributed by atoms with E-state index >= 15 is 0 Å². The third-order valence-corrected chi connectivity index (χ3v) is 10.9. The lowest BCUT2D eigenvalue weighted by Gasteiger charge is -2.42. The Bertz CT molecular complexity index is 468. The highest BCUT2D eigenvalue weighted by Crippen LogP contribution is 2.43. The summed E-state index contributed by atoms with van der Waals surface area (Å²) in [6, 6.07) is 6.36. The maximum absolute atomic E-state index is 14.2. The Morgan fingerprint density at radius 3 is 1.78 bits per heavy atom. The van der Waals surface area contributed by atoms with Gasteiger partial charge in [0, 0.05) is 4.47 Å². The summed E-state index contributed by atoms with van der Waals surface area (Å²) in [5.41, 5.74) is 0.767. The van der Waals surface area contributed by atoms with Crippen molar-refractivity contribution in [3.05, 3.63) is 28.7 Å². The molecule has 0 aliphatic heterocycles. The number of halogens is 3. The van der Waals surface area contributed by atoms with Gasteiger partial charge in [-0.2, -0.15) is 8.78 Å². The summed E-state index contributed by atoms with van der Waals surface area (Å²) < 4.78 is 40.0. The molecule has 23 heavy (non-hydrogen) atoms. The molecule has 0 aliphatic rings. The highest BCUT2D eigenvalue weighted by molar-refractivity contribution is 9.10. The summed E-state index contributed by atoms with van der Waals surface area (Å²) in [4.78, 5) is 0. The minimum atomic E-state index is -3.34. The number of hydrogen-bond acceptors (Lipinski definition) is 2. The normalized spacial score (nSPS) is 13.2. The Morgan fingerprint density at radius 1 is 0.957 bits per heavy atom. The van der Waals surface area contributed by atoms with Crippen LogP contribution in [0.4, 0.5) is 8.78 Å². The van der Waals surface area contributed by atoms with Crippen LogP contribution in [0.15, 0.2) is 28.7 Å². The van der Waals surface area contributed by atoms with Gasteiger partial charge in [0.15, 0.2) is 0 Å². The van der Waals surface area contributed by atoms with Crippen molar-refractivity contribution in [3.63, 3.8) is 0 Å². The topological polar surface area (TPSA) is 18.5 Å². The van der Waals surface area contributed by atoms with E-state index in [-0.39, 0.29) is 22.4 Å². The van der Waals surface area contributed by atoms with Crippen LogP contribution in [0.2, 0.25) is 16.6 Å². The summed E-state index contributed by atoms with van der Waals surface area (Å²) in [6.07, 6.45) is -3.34. The first-order valence-corrected chi connectivity index (χ1v) is 10.9. The molecule has 0 unspecified atom stereocenters. The Morgan fingerprint density at radius 2 is 1.39 bits per heavy atom. The van der Waals surface area contributed by atoms with Crippen LogP contribution in [-0.2, 0) is 4.43 Å². The van der Waals surface area contributed by atoms with Crippen molar-refractivity contribution < 1.29 is 17.9 Å². The van der Waals surface area contributed by atoms with Crippen molar-refractivity contribution in [2.75, 3.05) is 6.61 Å². The van der Waals surface area contributed by atoms with Gasteiger partial charge in [0.05, 0.1) is 0 Å². The van der Waals surface area contributed by atoms with E-state index in [2.05, 4.69) is 57.5 Å². The van der Waals surface area contributed by atoms with Crippen LogP contribution in [0.5, 0.6) is 5.75 Å². The van der Waals surface area contributed by atoms with Gasteiger partial charge in [0.2, 0.25) is 8.32 Å². The maximum Gasteiger partial charge on any atom is 0.420 e. The van der Waals surface area contributed by atoms with Crippen molar-refractivity contribution >= 4 is 24.2 Å². The summed E-state index contributed by atoms with van der Waals surface area (Å²) in [6.45, 7) is 11.7. The molecule has 0 amide bonds. The molecule has 1 aromatic rings. The highest BCUT2D eigenvalue weighted by atomic mass is 79.9. The Labute approximate surface area is 147 Å². The van der Waals surface area contributed by atoms with Crippen molar-refractivity contribution in [2.24, 2.45) is 0 Å². The van der Waals surface area contributed by atoms with Crippen LogP contribution in [0.3, 0.4) is 0 Å². The van der Waals surface area contributed by atoms with Gasteiger partial charge in [-0.3, -0.25) is 0 Å². The molecule has 132 valence electrons. The van der Waals surface area contributed by atoms with E-state index in [0.717, 1.165) is 4.47 Å². The predicted octanol–water partition coefficient (Wildman–Crippen LogP) is 6.61. The molecule has 0 aromatic heterocycles. The molecule has 6 heteroatoms. The van der Waals surface area contributed by atoms with E-state index in [9.17, 15) is 8.78 Å². The fourth-order valence-electron chi connectivity index (χ4n) is 3.41. The number of benzene rings is 1. The van der Waals surface area contributed by atoms with Crippen LogP contribution in [0.1, 0.15) is 41.5 Å². The third kappa shape index (κ3) is 5.26. The molecule has 1 rings (SSSR count). The molecule has 2 nitrogen and oxygen atoms in total. The minimum absolute atomic E-state index is 0.132. The van der Waals surface area contributed by atoms with Gasteiger partial charge >= 0.3 is 6.11 Å². The van der Waals surface area contributed by atoms with Crippen LogP contribution < -0.4 is 4.74 Å². The second-order valence-electron chi connectivity index (χ2n) is 6.80. The molecule has 0 heterocycles. The van der Waals surface area contributed by atoms with Crippen LogP contribution in [0, 0.1) is 0 Å². The van der Waals surface area contributed by atoms with Crippen molar-refractivity contribution in [2.45, 2.75) is 64.3 Å². The van der Waals surface area contributed by atoms with Gasteiger partial charge < -0.3 is 9.16 Å². The number of rotatable bonds is 8. The largest absolute Gasteiger partial charge is 0.431 e. The molecule has 0 radical (unpaired) electrons. The first-order chi connectivity index (χ1) is 10.5. The van der Waals surface area contributed by atoms with Crippen molar-refractivity contribution in [3.8, 4) is 5.75 Å². The zero-order valence-electron chi connectivity index (χ0n) is 14.7. The average Bonchev–Trinajstić information content (AvgIpc) is 2.40. The number of alkyl halides is 2.